The van der Waals surface area contributed by atoms with E-state index in [4.69, 9.17) is 46.4 Å². The van der Waals surface area contributed by atoms with Crippen molar-refractivity contribution in [3.63, 3.8) is 0 Å². The average molecular weight is 563 g/mol. The van der Waals surface area contributed by atoms with Gasteiger partial charge in [-0.15, -0.1) is 0 Å². The van der Waals surface area contributed by atoms with Gasteiger partial charge in [0.1, 0.15) is 16.7 Å². The van der Waals surface area contributed by atoms with Gasteiger partial charge >= 0.3 is 0 Å². The maximum atomic E-state index is 13.5. The lowest BCUT2D eigenvalue weighted by Crippen LogP contribution is -2.31. The number of thioether (sulfide) groups is 1. The number of carbonyl (C=O) groups is 2. The van der Waals surface area contributed by atoms with Crippen LogP contribution in [0.1, 0.15) is 5.56 Å². The first-order valence-electron chi connectivity index (χ1n) is 10.2. The van der Waals surface area contributed by atoms with Crippen molar-refractivity contribution < 1.29 is 9.59 Å². The van der Waals surface area contributed by atoms with Gasteiger partial charge in [-0.05, 0) is 60.5 Å². The summed E-state index contributed by atoms with van der Waals surface area (Å²) in [6, 6.07) is 20.4. The topological polar surface area (TPSA) is 73.2 Å². The Labute approximate surface area is 226 Å². The van der Waals surface area contributed by atoms with E-state index in [1.165, 1.54) is 17.0 Å². The largest absolute Gasteiger partial charge is 0.320 e. The van der Waals surface area contributed by atoms with Gasteiger partial charge in [0.25, 0.3) is 5.91 Å². The highest BCUT2D eigenvalue weighted by atomic mass is 35.5. The standard InChI is InChI=1S/C25H15Cl4N3O2S/c26-15-6-8-19(28)14(10-15)11-22-24(34)32(17-4-2-1-3-5-17)25(35-22)18(13-30)23(33)31-21-12-16(27)7-9-20(21)29/h1-10,12,22H,11H2,(H,31,33)/b25-18-. The molecule has 10 heteroatoms. The number of benzene rings is 3. The van der Waals surface area contributed by atoms with Crippen LogP contribution in [0.5, 0.6) is 0 Å². The van der Waals surface area contributed by atoms with E-state index in [0.717, 1.165) is 11.8 Å². The maximum absolute atomic E-state index is 13.5. The zero-order chi connectivity index (χ0) is 25.1. The minimum atomic E-state index is -0.714. The van der Waals surface area contributed by atoms with Gasteiger partial charge in [0, 0.05) is 20.8 Å². The summed E-state index contributed by atoms with van der Waals surface area (Å²) in [5, 5.41) is 13.7. The molecule has 1 aliphatic heterocycles. The van der Waals surface area contributed by atoms with Crippen LogP contribution in [0.15, 0.2) is 77.3 Å². The molecule has 1 unspecified atom stereocenters. The molecular weight excluding hydrogens is 548 g/mol. The Kier molecular flexibility index (Phi) is 7.95. The quantitative estimate of drug-likeness (QED) is 0.260. The summed E-state index contributed by atoms with van der Waals surface area (Å²) in [6.07, 6.45) is 0.260. The van der Waals surface area contributed by atoms with E-state index in [1.54, 1.807) is 48.5 Å². The molecule has 4 rings (SSSR count). The molecule has 0 radical (unpaired) electrons. The van der Waals surface area contributed by atoms with E-state index in [-0.39, 0.29) is 33.6 Å². The Morgan fingerprint density at radius 3 is 2.31 bits per heavy atom. The first-order valence-corrected chi connectivity index (χ1v) is 12.6. The predicted octanol–water partition coefficient (Wildman–Crippen LogP) is 7.37. The van der Waals surface area contributed by atoms with Gasteiger partial charge in [-0.2, -0.15) is 5.26 Å². The van der Waals surface area contributed by atoms with Gasteiger partial charge in [-0.25, -0.2) is 0 Å². The zero-order valence-corrected chi connectivity index (χ0v) is 21.6. The van der Waals surface area contributed by atoms with Crippen LogP contribution in [0.4, 0.5) is 11.4 Å². The van der Waals surface area contributed by atoms with Crippen LogP contribution in [-0.2, 0) is 16.0 Å². The number of nitrogens with one attached hydrogen (secondary N) is 1. The fraction of sp³-hybridized carbons (Fsp3) is 0.0800. The summed E-state index contributed by atoms with van der Waals surface area (Å²) in [5.41, 5.74) is 1.23. The van der Waals surface area contributed by atoms with Gasteiger partial charge in [0.15, 0.2) is 0 Å². The van der Waals surface area contributed by atoms with Gasteiger partial charge in [-0.1, -0.05) is 76.4 Å². The average Bonchev–Trinajstić information content (AvgIpc) is 3.15. The fourth-order valence-electron chi connectivity index (χ4n) is 3.48. The lowest BCUT2D eigenvalue weighted by molar-refractivity contribution is -0.117. The number of amides is 2. The minimum Gasteiger partial charge on any atom is -0.320 e. The Morgan fingerprint density at radius 1 is 0.971 bits per heavy atom. The molecule has 35 heavy (non-hydrogen) atoms. The molecule has 0 saturated carbocycles. The second-order valence-electron chi connectivity index (χ2n) is 7.43. The van der Waals surface area contributed by atoms with Crippen molar-refractivity contribution in [1.29, 1.82) is 5.26 Å². The highest BCUT2D eigenvalue weighted by molar-refractivity contribution is 8.05. The molecule has 1 atom stereocenters. The lowest BCUT2D eigenvalue weighted by Gasteiger charge is -2.18. The third-order valence-electron chi connectivity index (χ3n) is 5.11. The third-order valence-corrected chi connectivity index (χ3v) is 7.54. The van der Waals surface area contributed by atoms with Crippen molar-refractivity contribution in [3.05, 3.63) is 103 Å². The Morgan fingerprint density at radius 2 is 1.63 bits per heavy atom. The van der Waals surface area contributed by atoms with E-state index in [9.17, 15) is 14.9 Å². The van der Waals surface area contributed by atoms with Gasteiger partial charge < -0.3 is 5.32 Å². The Balaban J connectivity index is 1.74. The van der Waals surface area contributed by atoms with Crippen molar-refractivity contribution >= 4 is 81.4 Å². The van der Waals surface area contributed by atoms with E-state index in [1.807, 2.05) is 12.1 Å². The third kappa shape index (κ3) is 5.61. The summed E-state index contributed by atoms with van der Waals surface area (Å²) >= 11 is 25.8. The number of anilines is 2. The van der Waals surface area contributed by atoms with Gasteiger partial charge in [-0.3, -0.25) is 14.5 Å². The second kappa shape index (κ2) is 10.9. The SMILES string of the molecule is N#C/C(C(=O)Nc1cc(Cl)ccc1Cl)=C1/SC(Cc2cc(Cl)ccc2Cl)C(=O)N1c1ccccc1. The molecule has 3 aromatic rings. The highest BCUT2D eigenvalue weighted by Crippen LogP contribution is 2.42. The maximum Gasteiger partial charge on any atom is 0.269 e. The number of nitrogens with zero attached hydrogens (tertiary/aromatic N) is 2. The number of para-hydroxylation sites is 1. The number of nitriles is 1. The van der Waals surface area contributed by atoms with Crippen LogP contribution < -0.4 is 10.2 Å². The fourth-order valence-corrected chi connectivity index (χ4v) is 5.50. The zero-order valence-electron chi connectivity index (χ0n) is 17.8. The van der Waals surface area contributed by atoms with Gasteiger partial charge in [0.2, 0.25) is 5.91 Å². The molecule has 1 N–H and O–H groups in total. The molecule has 1 saturated heterocycles. The van der Waals surface area contributed by atoms with E-state index in [0.29, 0.717) is 26.3 Å². The number of hydrogen-bond donors (Lipinski definition) is 1. The highest BCUT2D eigenvalue weighted by Gasteiger charge is 2.41. The minimum absolute atomic E-state index is 0.211. The number of rotatable bonds is 5. The van der Waals surface area contributed by atoms with E-state index in [2.05, 4.69) is 5.32 Å². The normalized spacial score (nSPS) is 16.7. The summed E-state index contributed by atoms with van der Waals surface area (Å²) in [7, 11) is 0. The molecule has 1 fully saturated rings. The lowest BCUT2D eigenvalue weighted by atomic mass is 10.1. The molecule has 5 nitrogen and oxygen atoms in total. The molecule has 0 aromatic heterocycles. The summed E-state index contributed by atoms with van der Waals surface area (Å²) < 4.78 is 0. The first-order chi connectivity index (χ1) is 16.8. The number of carbonyl (C=O) groups excluding carboxylic acids is 2. The van der Waals surface area contributed by atoms with Crippen molar-refractivity contribution in [2.45, 2.75) is 11.7 Å². The van der Waals surface area contributed by atoms with Crippen LogP contribution in [0.3, 0.4) is 0 Å². The monoisotopic (exact) mass is 561 g/mol. The van der Waals surface area contributed by atoms with Crippen LogP contribution >= 0.6 is 58.2 Å². The van der Waals surface area contributed by atoms with Gasteiger partial charge in [0.05, 0.1) is 16.0 Å². The van der Waals surface area contributed by atoms with Crippen LogP contribution in [-0.4, -0.2) is 17.1 Å². The summed E-state index contributed by atoms with van der Waals surface area (Å²) in [4.78, 5) is 28.1. The smallest absolute Gasteiger partial charge is 0.269 e. The molecule has 0 aliphatic carbocycles. The Bertz CT molecular complexity index is 1390. The van der Waals surface area contributed by atoms with Crippen molar-refractivity contribution in [2.24, 2.45) is 0 Å². The summed E-state index contributed by atoms with van der Waals surface area (Å²) in [6.45, 7) is 0. The number of halogens is 4. The Hall–Kier alpha value is -2.66. The molecule has 0 bridgehead atoms. The molecule has 1 aliphatic rings. The molecular formula is C25H15Cl4N3O2S. The molecule has 176 valence electrons. The second-order valence-corrected chi connectivity index (χ2v) is 10.3. The van der Waals surface area contributed by atoms with E-state index >= 15 is 0 Å². The van der Waals surface area contributed by atoms with Crippen LogP contribution in [0.2, 0.25) is 20.1 Å². The van der Waals surface area contributed by atoms with Crippen molar-refractivity contribution in [3.8, 4) is 6.07 Å². The molecule has 2 amide bonds. The first kappa shape index (κ1) is 25.4. The molecule has 1 heterocycles. The van der Waals surface area contributed by atoms with Crippen LogP contribution in [0.25, 0.3) is 0 Å². The van der Waals surface area contributed by atoms with E-state index < -0.39 is 11.2 Å². The predicted molar refractivity (Wildman–Crippen MR) is 143 cm³/mol. The van der Waals surface area contributed by atoms with Crippen LogP contribution in [0, 0.1) is 11.3 Å². The van der Waals surface area contributed by atoms with Crippen molar-refractivity contribution in [1.82, 2.24) is 0 Å². The summed E-state index contributed by atoms with van der Waals surface area (Å²) in [5.74, 6) is -0.997. The molecule has 0 spiro atoms. The number of hydrogen-bond acceptors (Lipinski definition) is 4. The van der Waals surface area contributed by atoms with Crippen molar-refractivity contribution in [2.75, 3.05) is 10.2 Å². The molecule has 3 aromatic carbocycles.